The van der Waals surface area contributed by atoms with Gasteiger partial charge in [-0.15, -0.1) is 5.92 Å². The number of hydrogen-bond acceptors (Lipinski definition) is 0. The van der Waals surface area contributed by atoms with Gasteiger partial charge in [-0.3, -0.25) is 0 Å². The molecule has 0 atom stereocenters. The zero-order chi connectivity index (χ0) is 10.8. The van der Waals surface area contributed by atoms with E-state index < -0.39 is 17.0 Å². The van der Waals surface area contributed by atoms with Gasteiger partial charge in [-0.1, -0.05) is 12.0 Å². The molecule has 0 saturated carbocycles. The molecule has 74 valence electrons. The summed E-state index contributed by atoms with van der Waals surface area (Å²) in [4.78, 5) is 0. The van der Waals surface area contributed by atoms with E-state index in [2.05, 4.69) is 11.8 Å². The van der Waals surface area contributed by atoms with Crippen molar-refractivity contribution in [1.82, 2.24) is 0 Å². The molecule has 0 aromatic heterocycles. The molecule has 1 aromatic rings. The molecule has 0 N–H and O–H groups in total. The van der Waals surface area contributed by atoms with Crippen LogP contribution in [0.4, 0.5) is 8.78 Å². The Kier molecular flexibility index (Phi) is 2.90. The van der Waals surface area contributed by atoms with Gasteiger partial charge in [0.25, 0.3) is 0 Å². The predicted molar refractivity (Wildman–Crippen MR) is 52.8 cm³/mol. The molecular weight excluding hydrogens is 182 g/mol. The van der Waals surface area contributed by atoms with Crippen molar-refractivity contribution in [3.05, 3.63) is 35.4 Å². The van der Waals surface area contributed by atoms with Gasteiger partial charge in [0.1, 0.15) is 0 Å². The van der Waals surface area contributed by atoms with Crippen molar-refractivity contribution in [2.24, 2.45) is 0 Å². The van der Waals surface area contributed by atoms with Crippen LogP contribution in [0.15, 0.2) is 18.2 Å². The van der Waals surface area contributed by atoms with Crippen LogP contribution in [0.3, 0.4) is 0 Å². The minimum Gasteiger partial charge on any atom is -0.204 e. The Morgan fingerprint density at radius 3 is 2.29 bits per heavy atom. The summed E-state index contributed by atoms with van der Waals surface area (Å²) in [6, 6.07) is 3.88. The molecule has 0 heterocycles. The molecule has 0 bridgehead atoms. The lowest BCUT2D eigenvalue weighted by molar-refractivity contribution is 0.504. The van der Waals surface area contributed by atoms with Crippen molar-refractivity contribution < 1.29 is 8.78 Å². The van der Waals surface area contributed by atoms with Crippen LogP contribution < -0.4 is 0 Å². The standard InChI is InChI=1S/C12H12F2/c1-4-7-12(2,3)9-5-6-10(13)11(14)8-9/h5-6,8H,1-3H3. The maximum atomic E-state index is 12.9. The largest absolute Gasteiger partial charge is 0.204 e. The van der Waals surface area contributed by atoms with Gasteiger partial charge in [-0.05, 0) is 38.5 Å². The number of halogens is 2. The van der Waals surface area contributed by atoms with Crippen molar-refractivity contribution in [2.75, 3.05) is 0 Å². The maximum absolute atomic E-state index is 12.9. The molecule has 0 saturated heterocycles. The molecule has 0 spiro atoms. The first kappa shape index (κ1) is 10.7. The van der Waals surface area contributed by atoms with Crippen LogP contribution in [-0.4, -0.2) is 0 Å². The van der Waals surface area contributed by atoms with E-state index >= 15 is 0 Å². The van der Waals surface area contributed by atoms with E-state index in [1.807, 2.05) is 13.8 Å². The first-order chi connectivity index (χ1) is 6.47. The molecule has 0 aliphatic heterocycles. The smallest absolute Gasteiger partial charge is 0.159 e. The van der Waals surface area contributed by atoms with Crippen molar-refractivity contribution in [3.8, 4) is 11.8 Å². The molecule has 14 heavy (non-hydrogen) atoms. The molecule has 0 unspecified atom stereocenters. The zero-order valence-electron chi connectivity index (χ0n) is 8.49. The van der Waals surface area contributed by atoms with Crippen molar-refractivity contribution >= 4 is 0 Å². The van der Waals surface area contributed by atoms with Crippen LogP contribution in [-0.2, 0) is 5.41 Å². The van der Waals surface area contributed by atoms with E-state index in [1.165, 1.54) is 6.07 Å². The molecule has 0 aliphatic rings. The Balaban J connectivity index is 3.18. The Morgan fingerprint density at radius 1 is 1.14 bits per heavy atom. The lowest BCUT2D eigenvalue weighted by Gasteiger charge is -2.18. The van der Waals surface area contributed by atoms with Gasteiger partial charge >= 0.3 is 0 Å². The summed E-state index contributed by atoms with van der Waals surface area (Å²) >= 11 is 0. The fourth-order valence-corrected chi connectivity index (χ4v) is 1.27. The molecule has 0 fully saturated rings. The van der Waals surface area contributed by atoms with Crippen LogP contribution >= 0.6 is 0 Å². The Morgan fingerprint density at radius 2 is 1.79 bits per heavy atom. The molecule has 0 radical (unpaired) electrons. The van der Waals surface area contributed by atoms with Gasteiger partial charge in [0.05, 0.1) is 5.41 Å². The van der Waals surface area contributed by atoms with Gasteiger partial charge in [-0.25, -0.2) is 8.78 Å². The van der Waals surface area contributed by atoms with E-state index in [4.69, 9.17) is 0 Å². The summed E-state index contributed by atoms with van der Waals surface area (Å²) in [5.74, 6) is 4.07. The van der Waals surface area contributed by atoms with Crippen LogP contribution in [0.5, 0.6) is 0 Å². The lowest BCUT2D eigenvalue weighted by Crippen LogP contribution is -2.14. The second-order valence-electron chi connectivity index (χ2n) is 3.63. The first-order valence-electron chi connectivity index (χ1n) is 4.37. The summed E-state index contributed by atoms with van der Waals surface area (Å²) in [5.41, 5.74) is 0.245. The van der Waals surface area contributed by atoms with Crippen molar-refractivity contribution in [3.63, 3.8) is 0 Å². The van der Waals surface area contributed by atoms with Gasteiger partial charge in [0, 0.05) is 0 Å². The first-order valence-corrected chi connectivity index (χ1v) is 4.37. The third-order valence-corrected chi connectivity index (χ3v) is 2.08. The van der Waals surface area contributed by atoms with Gasteiger partial charge in [-0.2, -0.15) is 0 Å². The van der Waals surface area contributed by atoms with E-state index in [0.29, 0.717) is 5.56 Å². The Hall–Kier alpha value is -1.36. The summed E-state index contributed by atoms with van der Waals surface area (Å²) in [6.07, 6.45) is 0. The van der Waals surface area contributed by atoms with Gasteiger partial charge in [0.2, 0.25) is 0 Å². The normalized spacial score (nSPS) is 10.6. The quantitative estimate of drug-likeness (QED) is 0.602. The van der Waals surface area contributed by atoms with Gasteiger partial charge < -0.3 is 0 Å². The van der Waals surface area contributed by atoms with Crippen molar-refractivity contribution in [2.45, 2.75) is 26.2 Å². The summed E-state index contributed by atoms with van der Waals surface area (Å²) in [5, 5.41) is 0. The Labute approximate surface area is 83.0 Å². The Bertz CT molecular complexity index is 395. The fourth-order valence-electron chi connectivity index (χ4n) is 1.27. The molecule has 0 nitrogen and oxygen atoms in total. The summed E-state index contributed by atoms with van der Waals surface area (Å²) in [7, 11) is 0. The van der Waals surface area contributed by atoms with E-state index in [0.717, 1.165) is 6.07 Å². The molecule has 0 amide bonds. The van der Waals surface area contributed by atoms with E-state index in [-0.39, 0.29) is 0 Å². The molecular formula is C12H12F2. The van der Waals surface area contributed by atoms with E-state index in [9.17, 15) is 8.78 Å². The highest BCUT2D eigenvalue weighted by Crippen LogP contribution is 2.23. The molecule has 0 aliphatic carbocycles. The highest BCUT2D eigenvalue weighted by atomic mass is 19.2. The number of hydrogen-bond donors (Lipinski definition) is 0. The van der Waals surface area contributed by atoms with Crippen LogP contribution in [0.25, 0.3) is 0 Å². The monoisotopic (exact) mass is 194 g/mol. The molecule has 2 heteroatoms. The highest BCUT2D eigenvalue weighted by Gasteiger charge is 2.18. The summed E-state index contributed by atoms with van der Waals surface area (Å²) < 4.78 is 25.6. The predicted octanol–water partition coefficient (Wildman–Crippen LogP) is 3.27. The molecule has 1 rings (SSSR count). The molecule has 1 aromatic carbocycles. The van der Waals surface area contributed by atoms with Crippen LogP contribution in [0, 0.1) is 23.5 Å². The second-order valence-corrected chi connectivity index (χ2v) is 3.63. The minimum absolute atomic E-state index is 0.441. The minimum atomic E-state index is -0.825. The maximum Gasteiger partial charge on any atom is 0.159 e. The highest BCUT2D eigenvalue weighted by molar-refractivity contribution is 5.33. The van der Waals surface area contributed by atoms with E-state index in [1.54, 1.807) is 13.0 Å². The third kappa shape index (κ3) is 2.11. The lowest BCUT2D eigenvalue weighted by atomic mass is 9.85. The average Bonchev–Trinajstić information content (AvgIpc) is 2.09. The fraction of sp³-hybridized carbons (Fsp3) is 0.333. The average molecular weight is 194 g/mol. The number of benzene rings is 1. The topological polar surface area (TPSA) is 0 Å². The summed E-state index contributed by atoms with van der Waals surface area (Å²) in [6.45, 7) is 5.47. The van der Waals surface area contributed by atoms with Crippen molar-refractivity contribution in [1.29, 1.82) is 0 Å². The second kappa shape index (κ2) is 3.79. The van der Waals surface area contributed by atoms with Crippen LogP contribution in [0.1, 0.15) is 26.3 Å². The van der Waals surface area contributed by atoms with Crippen LogP contribution in [0.2, 0.25) is 0 Å². The van der Waals surface area contributed by atoms with Gasteiger partial charge in [0.15, 0.2) is 11.6 Å². The third-order valence-electron chi connectivity index (χ3n) is 2.08. The zero-order valence-corrected chi connectivity index (χ0v) is 8.49. The number of rotatable bonds is 1. The SMILES string of the molecule is CC#CC(C)(C)c1ccc(F)c(F)c1.